The van der Waals surface area contributed by atoms with E-state index in [4.69, 9.17) is 22.1 Å². The van der Waals surface area contributed by atoms with Gasteiger partial charge < -0.3 is 19.9 Å². The van der Waals surface area contributed by atoms with Crippen LogP contribution in [0.15, 0.2) is 42.5 Å². The van der Waals surface area contributed by atoms with Crippen LogP contribution in [0.4, 0.5) is 11.6 Å². The van der Waals surface area contributed by atoms with E-state index in [0.29, 0.717) is 29.7 Å². The number of nitrogens with zero attached hydrogens (tertiary/aromatic N) is 3. The van der Waals surface area contributed by atoms with Gasteiger partial charge in [-0.3, -0.25) is 4.79 Å². The number of halogens is 1. The zero-order valence-corrected chi connectivity index (χ0v) is 16.2. The average Bonchev–Trinajstić information content (AvgIpc) is 2.99. The van der Waals surface area contributed by atoms with Gasteiger partial charge >= 0.3 is 0 Å². The Morgan fingerprint density at radius 2 is 2.00 bits per heavy atom. The molecule has 0 unspecified atom stereocenters. The largest absolute Gasteiger partial charge is 0.382 e. The van der Waals surface area contributed by atoms with Crippen LogP contribution in [0, 0.1) is 0 Å². The van der Waals surface area contributed by atoms with Crippen molar-refractivity contribution in [1.82, 2.24) is 9.55 Å². The number of nitrogen functional groups attached to an aromatic ring is 1. The Balaban J connectivity index is 1.81. The van der Waals surface area contributed by atoms with E-state index < -0.39 is 0 Å². The van der Waals surface area contributed by atoms with Gasteiger partial charge in [-0.2, -0.15) is 0 Å². The number of ether oxygens (including phenoxy) is 1. The van der Waals surface area contributed by atoms with E-state index >= 15 is 0 Å². The number of carbonyl (C=O) groups is 1. The quantitative estimate of drug-likeness (QED) is 0.623. The van der Waals surface area contributed by atoms with Gasteiger partial charge in [0.25, 0.3) is 5.91 Å². The van der Waals surface area contributed by atoms with Crippen LogP contribution in [0.25, 0.3) is 11.0 Å². The second-order valence-electron chi connectivity index (χ2n) is 6.22. The molecule has 0 aliphatic rings. The number of rotatable bonds is 7. The number of imidazole rings is 1. The van der Waals surface area contributed by atoms with E-state index in [1.54, 1.807) is 36.2 Å². The first-order chi connectivity index (χ1) is 13.0. The number of hydrogen-bond acceptors (Lipinski definition) is 4. The van der Waals surface area contributed by atoms with E-state index in [2.05, 4.69) is 4.98 Å². The second kappa shape index (κ2) is 8.41. The highest BCUT2D eigenvalue weighted by molar-refractivity contribution is 6.30. The highest BCUT2D eigenvalue weighted by atomic mass is 35.5. The summed E-state index contributed by atoms with van der Waals surface area (Å²) in [5.41, 5.74) is 9.11. The number of nitrogens with two attached hydrogens (primary N) is 1. The Labute approximate surface area is 163 Å². The predicted molar refractivity (Wildman–Crippen MR) is 109 cm³/mol. The van der Waals surface area contributed by atoms with Crippen molar-refractivity contribution in [2.45, 2.75) is 19.9 Å². The molecular formula is C20H23ClN4O2. The van der Waals surface area contributed by atoms with Gasteiger partial charge in [0.2, 0.25) is 5.95 Å². The van der Waals surface area contributed by atoms with Crippen LogP contribution >= 0.6 is 11.6 Å². The summed E-state index contributed by atoms with van der Waals surface area (Å²) in [6, 6.07) is 12.6. The SMILES string of the molecule is CCOCCCn1c(N)nc2cc(N(C)C(=O)c3ccc(Cl)cc3)ccc21. The number of hydrogen-bond donors (Lipinski definition) is 1. The van der Waals surface area contributed by atoms with Crippen LogP contribution in [0.5, 0.6) is 0 Å². The number of benzene rings is 2. The Bertz CT molecular complexity index is 937. The number of amides is 1. The molecule has 3 rings (SSSR count). The van der Waals surface area contributed by atoms with Crippen molar-refractivity contribution in [2.75, 3.05) is 30.9 Å². The fourth-order valence-electron chi connectivity index (χ4n) is 2.95. The van der Waals surface area contributed by atoms with Crippen LogP contribution in [0.1, 0.15) is 23.7 Å². The molecule has 2 N–H and O–H groups in total. The van der Waals surface area contributed by atoms with Crippen LogP contribution in [0.3, 0.4) is 0 Å². The van der Waals surface area contributed by atoms with Crippen molar-refractivity contribution in [3.8, 4) is 0 Å². The lowest BCUT2D eigenvalue weighted by atomic mass is 10.2. The third-order valence-corrected chi connectivity index (χ3v) is 4.67. The molecule has 0 spiro atoms. The molecule has 6 nitrogen and oxygen atoms in total. The van der Waals surface area contributed by atoms with Gasteiger partial charge in [-0.25, -0.2) is 4.98 Å². The van der Waals surface area contributed by atoms with Crippen molar-refractivity contribution in [1.29, 1.82) is 0 Å². The molecule has 3 aromatic rings. The summed E-state index contributed by atoms with van der Waals surface area (Å²) in [5.74, 6) is 0.348. The van der Waals surface area contributed by atoms with Crippen LogP contribution in [-0.2, 0) is 11.3 Å². The molecule has 142 valence electrons. The standard InChI is InChI=1S/C20H23ClN4O2/c1-3-27-12-4-11-25-18-10-9-16(13-17(18)23-20(25)22)24(2)19(26)14-5-7-15(21)8-6-14/h5-10,13H,3-4,11-12H2,1-2H3,(H2,22,23). The molecule has 0 atom stereocenters. The van der Waals surface area contributed by atoms with Gasteiger partial charge in [0.1, 0.15) is 0 Å². The zero-order chi connectivity index (χ0) is 19.4. The average molecular weight is 387 g/mol. The molecule has 1 heterocycles. The Kier molecular flexibility index (Phi) is 5.98. The predicted octanol–water partition coefficient (Wildman–Crippen LogP) is 3.98. The summed E-state index contributed by atoms with van der Waals surface area (Å²) in [5, 5.41) is 0.598. The third kappa shape index (κ3) is 4.23. The van der Waals surface area contributed by atoms with E-state index in [1.807, 2.05) is 29.7 Å². The number of aromatic nitrogens is 2. The summed E-state index contributed by atoms with van der Waals surface area (Å²) in [7, 11) is 1.74. The third-order valence-electron chi connectivity index (χ3n) is 4.42. The number of fused-ring (bicyclic) bond motifs is 1. The normalized spacial score (nSPS) is 11.1. The molecule has 0 saturated heterocycles. The van der Waals surface area contributed by atoms with E-state index in [0.717, 1.165) is 29.7 Å². The van der Waals surface area contributed by atoms with Gasteiger partial charge in [-0.15, -0.1) is 0 Å². The lowest BCUT2D eigenvalue weighted by Gasteiger charge is -2.17. The number of anilines is 2. The second-order valence-corrected chi connectivity index (χ2v) is 6.65. The first-order valence-electron chi connectivity index (χ1n) is 8.88. The minimum absolute atomic E-state index is 0.116. The Morgan fingerprint density at radius 3 is 2.70 bits per heavy atom. The van der Waals surface area contributed by atoms with Crippen molar-refractivity contribution < 1.29 is 9.53 Å². The first-order valence-corrected chi connectivity index (χ1v) is 9.26. The number of carbonyl (C=O) groups excluding carboxylic acids is 1. The fourth-order valence-corrected chi connectivity index (χ4v) is 3.08. The van der Waals surface area contributed by atoms with Crippen molar-refractivity contribution in [3.05, 3.63) is 53.1 Å². The minimum atomic E-state index is -0.116. The Morgan fingerprint density at radius 1 is 1.26 bits per heavy atom. The molecule has 1 aromatic heterocycles. The lowest BCUT2D eigenvalue weighted by molar-refractivity contribution is 0.0993. The molecule has 27 heavy (non-hydrogen) atoms. The lowest BCUT2D eigenvalue weighted by Crippen LogP contribution is -2.26. The molecule has 0 aliphatic heterocycles. The maximum Gasteiger partial charge on any atom is 0.258 e. The molecular weight excluding hydrogens is 364 g/mol. The zero-order valence-electron chi connectivity index (χ0n) is 15.5. The highest BCUT2D eigenvalue weighted by Gasteiger charge is 2.16. The summed E-state index contributed by atoms with van der Waals surface area (Å²) in [4.78, 5) is 18.7. The van der Waals surface area contributed by atoms with Gasteiger partial charge in [0.15, 0.2) is 0 Å². The van der Waals surface area contributed by atoms with Gasteiger partial charge in [-0.05, 0) is 55.8 Å². The van der Waals surface area contributed by atoms with Crippen LogP contribution < -0.4 is 10.6 Å². The molecule has 0 bridgehead atoms. The summed E-state index contributed by atoms with van der Waals surface area (Å²) >= 11 is 5.89. The molecule has 0 saturated carbocycles. The maximum atomic E-state index is 12.7. The topological polar surface area (TPSA) is 73.4 Å². The maximum absolute atomic E-state index is 12.7. The van der Waals surface area contributed by atoms with Crippen molar-refractivity contribution in [2.24, 2.45) is 0 Å². The molecule has 0 radical (unpaired) electrons. The van der Waals surface area contributed by atoms with Crippen molar-refractivity contribution in [3.63, 3.8) is 0 Å². The molecule has 2 aromatic carbocycles. The van der Waals surface area contributed by atoms with E-state index in [-0.39, 0.29) is 5.91 Å². The fraction of sp³-hybridized carbons (Fsp3) is 0.300. The molecule has 1 amide bonds. The van der Waals surface area contributed by atoms with Crippen LogP contribution in [-0.4, -0.2) is 35.7 Å². The number of aryl methyl sites for hydroxylation is 1. The minimum Gasteiger partial charge on any atom is -0.382 e. The van der Waals surface area contributed by atoms with Crippen LogP contribution in [0.2, 0.25) is 5.02 Å². The summed E-state index contributed by atoms with van der Waals surface area (Å²) < 4.78 is 7.35. The first kappa shape index (κ1) is 19.2. The summed E-state index contributed by atoms with van der Waals surface area (Å²) in [6.45, 7) is 4.11. The highest BCUT2D eigenvalue weighted by Crippen LogP contribution is 2.25. The smallest absolute Gasteiger partial charge is 0.258 e. The molecule has 0 fully saturated rings. The van der Waals surface area contributed by atoms with E-state index in [9.17, 15) is 4.79 Å². The van der Waals surface area contributed by atoms with Crippen molar-refractivity contribution >= 4 is 40.2 Å². The molecule has 0 aliphatic carbocycles. The Hall–Kier alpha value is -2.57. The van der Waals surface area contributed by atoms with Gasteiger partial charge in [-0.1, -0.05) is 11.6 Å². The van der Waals surface area contributed by atoms with Gasteiger partial charge in [0.05, 0.1) is 11.0 Å². The van der Waals surface area contributed by atoms with E-state index in [1.165, 1.54) is 0 Å². The monoisotopic (exact) mass is 386 g/mol. The molecule has 7 heteroatoms. The summed E-state index contributed by atoms with van der Waals surface area (Å²) in [6.07, 6.45) is 0.861. The van der Waals surface area contributed by atoms with Gasteiger partial charge in [0, 0.05) is 43.1 Å².